The summed E-state index contributed by atoms with van der Waals surface area (Å²) in [6, 6.07) is 0. The molecule has 2 heterocycles. The van der Waals surface area contributed by atoms with E-state index in [4.69, 9.17) is 5.73 Å². The summed E-state index contributed by atoms with van der Waals surface area (Å²) in [6.45, 7) is 3.66. The molecule has 0 unspecified atom stereocenters. The Kier molecular flexibility index (Phi) is 2.90. The third kappa shape index (κ3) is 1.80. The van der Waals surface area contributed by atoms with Crippen LogP contribution in [0.3, 0.4) is 0 Å². The standard InChI is InChI=1S/C9H16N4O2S/c1-2-12-7-8(9(10)11-12)16(14,15)13-5-3-4-6-13/h7H,2-6H2,1H3,(H2,10,11). The predicted molar refractivity (Wildman–Crippen MR) is 60.3 cm³/mol. The molecule has 0 spiro atoms. The SMILES string of the molecule is CCn1cc(S(=O)(=O)N2CCCC2)c(N)n1. The number of hydrogen-bond acceptors (Lipinski definition) is 4. The summed E-state index contributed by atoms with van der Waals surface area (Å²) in [4.78, 5) is 0.135. The van der Waals surface area contributed by atoms with Gasteiger partial charge in [0.25, 0.3) is 0 Å². The van der Waals surface area contributed by atoms with Crippen LogP contribution in [0.5, 0.6) is 0 Å². The smallest absolute Gasteiger partial charge is 0.248 e. The second-order valence-electron chi connectivity index (χ2n) is 3.85. The van der Waals surface area contributed by atoms with E-state index in [1.54, 1.807) is 0 Å². The second kappa shape index (κ2) is 4.06. The first-order valence-electron chi connectivity index (χ1n) is 5.38. The van der Waals surface area contributed by atoms with Crippen molar-refractivity contribution in [1.29, 1.82) is 0 Å². The van der Waals surface area contributed by atoms with Crippen LogP contribution in [0.2, 0.25) is 0 Å². The van der Waals surface area contributed by atoms with Gasteiger partial charge in [-0.1, -0.05) is 0 Å². The zero-order valence-corrected chi connectivity index (χ0v) is 10.1. The summed E-state index contributed by atoms with van der Waals surface area (Å²) in [5, 5.41) is 3.96. The Labute approximate surface area is 95.1 Å². The summed E-state index contributed by atoms with van der Waals surface area (Å²) >= 11 is 0. The fraction of sp³-hybridized carbons (Fsp3) is 0.667. The molecule has 0 amide bonds. The molecule has 0 radical (unpaired) electrons. The molecule has 1 saturated heterocycles. The van der Waals surface area contributed by atoms with Crippen molar-refractivity contribution >= 4 is 15.8 Å². The van der Waals surface area contributed by atoms with E-state index >= 15 is 0 Å². The van der Waals surface area contributed by atoms with E-state index in [1.165, 1.54) is 15.2 Å². The highest BCUT2D eigenvalue weighted by atomic mass is 32.2. The van der Waals surface area contributed by atoms with E-state index in [-0.39, 0.29) is 10.7 Å². The van der Waals surface area contributed by atoms with Crippen LogP contribution in [-0.4, -0.2) is 35.6 Å². The van der Waals surface area contributed by atoms with Crippen molar-refractivity contribution in [1.82, 2.24) is 14.1 Å². The molecule has 7 heteroatoms. The van der Waals surface area contributed by atoms with Crippen LogP contribution in [0, 0.1) is 0 Å². The molecule has 1 aromatic heterocycles. The average Bonchev–Trinajstić information content (AvgIpc) is 2.85. The van der Waals surface area contributed by atoms with Gasteiger partial charge >= 0.3 is 0 Å². The lowest BCUT2D eigenvalue weighted by Gasteiger charge is -2.13. The molecule has 1 aromatic rings. The van der Waals surface area contributed by atoms with Crippen molar-refractivity contribution in [3.8, 4) is 0 Å². The van der Waals surface area contributed by atoms with Gasteiger partial charge in [-0.3, -0.25) is 4.68 Å². The quantitative estimate of drug-likeness (QED) is 0.827. The molecule has 1 fully saturated rings. The summed E-state index contributed by atoms with van der Waals surface area (Å²) in [5.41, 5.74) is 5.63. The first kappa shape index (κ1) is 11.4. The molecule has 0 saturated carbocycles. The number of aromatic nitrogens is 2. The van der Waals surface area contributed by atoms with Gasteiger partial charge < -0.3 is 5.73 Å². The third-order valence-corrected chi connectivity index (χ3v) is 4.68. The Hall–Kier alpha value is -1.08. The molecule has 1 aliphatic rings. The molecule has 2 N–H and O–H groups in total. The van der Waals surface area contributed by atoms with Gasteiger partial charge in [0.2, 0.25) is 10.0 Å². The van der Waals surface area contributed by atoms with Crippen LogP contribution < -0.4 is 5.73 Å². The lowest BCUT2D eigenvalue weighted by Crippen LogP contribution is -2.28. The van der Waals surface area contributed by atoms with Crippen LogP contribution in [0.1, 0.15) is 19.8 Å². The summed E-state index contributed by atoms with van der Waals surface area (Å²) in [6.07, 6.45) is 3.34. The van der Waals surface area contributed by atoms with Crippen molar-refractivity contribution in [2.45, 2.75) is 31.2 Å². The molecule has 0 bridgehead atoms. The van der Waals surface area contributed by atoms with Gasteiger partial charge in [-0.25, -0.2) is 8.42 Å². The second-order valence-corrected chi connectivity index (χ2v) is 5.75. The van der Waals surface area contributed by atoms with Crippen LogP contribution in [0.25, 0.3) is 0 Å². The van der Waals surface area contributed by atoms with Gasteiger partial charge in [-0.2, -0.15) is 9.40 Å². The first-order valence-corrected chi connectivity index (χ1v) is 6.83. The average molecular weight is 244 g/mol. The number of nitrogen functional groups attached to an aromatic ring is 1. The number of rotatable bonds is 3. The number of hydrogen-bond donors (Lipinski definition) is 1. The molecule has 1 aliphatic heterocycles. The zero-order valence-electron chi connectivity index (χ0n) is 9.26. The van der Waals surface area contributed by atoms with E-state index in [2.05, 4.69) is 5.10 Å². The lowest BCUT2D eigenvalue weighted by molar-refractivity contribution is 0.477. The van der Waals surface area contributed by atoms with Gasteiger partial charge in [0.05, 0.1) is 0 Å². The Morgan fingerprint density at radius 1 is 1.44 bits per heavy atom. The van der Waals surface area contributed by atoms with Crippen molar-refractivity contribution in [3.05, 3.63) is 6.20 Å². The normalized spacial score (nSPS) is 18.1. The van der Waals surface area contributed by atoms with Crippen molar-refractivity contribution < 1.29 is 8.42 Å². The van der Waals surface area contributed by atoms with E-state index < -0.39 is 10.0 Å². The van der Waals surface area contributed by atoms with E-state index in [1.807, 2.05) is 6.92 Å². The largest absolute Gasteiger partial charge is 0.381 e. The fourth-order valence-corrected chi connectivity index (χ4v) is 3.42. The van der Waals surface area contributed by atoms with Gasteiger partial charge in [0.15, 0.2) is 5.82 Å². The maximum Gasteiger partial charge on any atom is 0.248 e. The predicted octanol–water partition coefficient (Wildman–Crippen LogP) is 0.270. The van der Waals surface area contributed by atoms with E-state index in [0.29, 0.717) is 19.6 Å². The number of sulfonamides is 1. The summed E-state index contributed by atoms with van der Waals surface area (Å²) in [7, 11) is -3.43. The summed E-state index contributed by atoms with van der Waals surface area (Å²) in [5.74, 6) is 0.0914. The number of anilines is 1. The topological polar surface area (TPSA) is 81.2 Å². The molecular formula is C9H16N4O2S. The third-order valence-electron chi connectivity index (χ3n) is 2.76. The number of nitrogens with two attached hydrogens (primary N) is 1. The number of nitrogens with zero attached hydrogens (tertiary/aromatic N) is 3. The van der Waals surface area contributed by atoms with Crippen LogP contribution in [-0.2, 0) is 16.6 Å². The molecule has 6 nitrogen and oxygen atoms in total. The van der Waals surface area contributed by atoms with Gasteiger partial charge in [0, 0.05) is 25.8 Å². The number of aryl methyl sites for hydroxylation is 1. The highest BCUT2D eigenvalue weighted by Crippen LogP contribution is 2.24. The van der Waals surface area contributed by atoms with Gasteiger partial charge in [-0.05, 0) is 19.8 Å². The Morgan fingerprint density at radius 2 is 2.06 bits per heavy atom. The Bertz CT molecular complexity index is 474. The molecule has 0 aromatic carbocycles. The molecule has 90 valence electrons. The van der Waals surface area contributed by atoms with Crippen molar-refractivity contribution in [3.63, 3.8) is 0 Å². The Morgan fingerprint density at radius 3 is 2.56 bits per heavy atom. The minimum absolute atomic E-state index is 0.0914. The Balaban J connectivity index is 2.38. The van der Waals surface area contributed by atoms with Crippen molar-refractivity contribution in [2.75, 3.05) is 18.8 Å². The highest BCUT2D eigenvalue weighted by molar-refractivity contribution is 7.89. The first-order chi connectivity index (χ1) is 7.55. The molecule has 0 aliphatic carbocycles. The minimum atomic E-state index is -3.43. The van der Waals surface area contributed by atoms with Crippen LogP contribution >= 0.6 is 0 Å². The van der Waals surface area contributed by atoms with Gasteiger partial charge in [-0.15, -0.1) is 0 Å². The molecule has 2 rings (SSSR count). The highest BCUT2D eigenvalue weighted by Gasteiger charge is 2.30. The molecule has 0 atom stereocenters. The fourth-order valence-electron chi connectivity index (χ4n) is 1.85. The summed E-state index contributed by atoms with van der Waals surface area (Å²) < 4.78 is 27.4. The van der Waals surface area contributed by atoms with Gasteiger partial charge in [0.1, 0.15) is 4.90 Å². The lowest BCUT2D eigenvalue weighted by atomic mass is 10.4. The van der Waals surface area contributed by atoms with Crippen LogP contribution in [0.4, 0.5) is 5.82 Å². The molecular weight excluding hydrogens is 228 g/mol. The van der Waals surface area contributed by atoms with Crippen LogP contribution in [0.15, 0.2) is 11.1 Å². The minimum Gasteiger partial charge on any atom is -0.381 e. The monoisotopic (exact) mass is 244 g/mol. The maximum atomic E-state index is 12.2. The molecule has 16 heavy (non-hydrogen) atoms. The maximum absolute atomic E-state index is 12.2. The van der Waals surface area contributed by atoms with Crippen molar-refractivity contribution in [2.24, 2.45) is 0 Å². The van der Waals surface area contributed by atoms with E-state index in [9.17, 15) is 8.42 Å². The zero-order chi connectivity index (χ0) is 11.8. The van der Waals surface area contributed by atoms with E-state index in [0.717, 1.165) is 12.8 Å².